The van der Waals surface area contributed by atoms with Crippen molar-refractivity contribution in [3.8, 4) is 0 Å². The molecule has 0 saturated carbocycles. The predicted octanol–water partition coefficient (Wildman–Crippen LogP) is 7.60. The van der Waals surface area contributed by atoms with E-state index in [2.05, 4.69) is 50.0 Å². The molecule has 2 N–H and O–H groups in total. The lowest BCUT2D eigenvalue weighted by Crippen LogP contribution is -2.21. The van der Waals surface area contributed by atoms with Gasteiger partial charge in [0.05, 0.1) is 12.0 Å². The lowest BCUT2D eigenvalue weighted by molar-refractivity contribution is -0.512. The first kappa shape index (κ1) is 33.1. The van der Waals surface area contributed by atoms with Crippen molar-refractivity contribution in [3.63, 3.8) is 0 Å². The number of benzene rings is 4. The van der Waals surface area contributed by atoms with E-state index in [0.717, 1.165) is 42.2 Å². The summed E-state index contributed by atoms with van der Waals surface area (Å²) < 4.78 is 42.4. The zero-order valence-corrected chi connectivity index (χ0v) is 27.1. The van der Waals surface area contributed by atoms with E-state index < -0.39 is 10.1 Å². The van der Waals surface area contributed by atoms with Gasteiger partial charge in [-0.15, -0.1) is 4.33 Å². The Balaban J connectivity index is 1.58. The fourth-order valence-electron chi connectivity index (χ4n) is 5.37. The highest BCUT2D eigenvalue weighted by atomic mass is 32.2. The van der Waals surface area contributed by atoms with Gasteiger partial charge in [0.25, 0.3) is 10.1 Å². The van der Waals surface area contributed by atoms with Crippen LogP contribution in [0.4, 0.5) is 5.69 Å². The lowest BCUT2D eigenvalue weighted by Gasteiger charge is -2.24. The van der Waals surface area contributed by atoms with E-state index >= 15 is 0 Å². The van der Waals surface area contributed by atoms with Crippen molar-refractivity contribution >= 4 is 39.1 Å². The zero-order valence-electron chi connectivity index (χ0n) is 25.5. The molecular formula is C36H35N2O6S2+. The van der Waals surface area contributed by atoms with E-state index in [1.807, 2.05) is 92.0 Å². The fraction of sp³-hybridized carbons (Fsp3) is 0.139. The largest absolute Gasteiger partial charge is 0.367 e. The van der Waals surface area contributed by atoms with Gasteiger partial charge in [-0.3, -0.25) is 4.55 Å². The second-order valence-electron chi connectivity index (χ2n) is 10.7. The van der Waals surface area contributed by atoms with Crippen LogP contribution >= 0.6 is 12.0 Å². The van der Waals surface area contributed by atoms with Gasteiger partial charge in [0, 0.05) is 47.0 Å². The van der Waals surface area contributed by atoms with Gasteiger partial charge in [-0.25, -0.2) is 9.83 Å². The minimum atomic E-state index is -4.67. The van der Waals surface area contributed by atoms with Gasteiger partial charge in [-0.2, -0.15) is 8.42 Å². The maximum absolute atomic E-state index is 12.7. The smallest absolute Gasteiger partial charge is 0.295 e. The Bertz CT molecular complexity index is 1870. The van der Waals surface area contributed by atoms with Crippen LogP contribution < -0.4 is 4.90 Å². The molecule has 236 valence electrons. The van der Waals surface area contributed by atoms with Gasteiger partial charge in [0.2, 0.25) is 0 Å². The minimum absolute atomic E-state index is 0.303. The zero-order chi connectivity index (χ0) is 32.5. The molecule has 0 spiro atoms. The number of rotatable bonds is 12. The van der Waals surface area contributed by atoms with Crippen LogP contribution in [-0.2, 0) is 32.6 Å². The van der Waals surface area contributed by atoms with E-state index in [0.29, 0.717) is 28.1 Å². The molecule has 0 bridgehead atoms. The van der Waals surface area contributed by atoms with Gasteiger partial charge in [-0.05, 0) is 65.6 Å². The molecule has 1 aliphatic rings. The normalized spacial score (nSPS) is 12.8. The van der Waals surface area contributed by atoms with Crippen molar-refractivity contribution < 1.29 is 32.2 Å². The lowest BCUT2D eigenvalue weighted by atomic mass is 9.90. The molecule has 4 aromatic rings. The summed E-state index contributed by atoms with van der Waals surface area (Å²) in [4.78, 5) is 2.26. The van der Waals surface area contributed by atoms with Crippen LogP contribution in [0.3, 0.4) is 0 Å². The van der Waals surface area contributed by atoms with E-state index in [1.54, 1.807) is 12.1 Å². The number of allylic oxidation sites excluding steroid dienone is 5. The summed E-state index contributed by atoms with van der Waals surface area (Å²) in [5.41, 5.74) is 6.86. The van der Waals surface area contributed by atoms with Crippen LogP contribution in [0.5, 0.6) is 0 Å². The molecule has 0 radical (unpaired) electrons. The van der Waals surface area contributed by atoms with Crippen molar-refractivity contribution in [2.24, 2.45) is 0 Å². The number of nitrogens with zero attached hydrogens (tertiary/aromatic N) is 2. The molecule has 0 aromatic heterocycles. The Labute approximate surface area is 274 Å². The number of hydrogen-bond acceptors (Lipinski definition) is 7. The summed E-state index contributed by atoms with van der Waals surface area (Å²) in [7, 11) is -2.65. The fourth-order valence-corrected chi connectivity index (χ4v) is 6.56. The standard InChI is InChI=1S/C36H34N2O6S2/c1-3-38(26-28-12-8-5-9-13-28)32-20-16-30(17-21-32)36(34-23-22-33(45-44-43-39)24-35(34)46(40,41)42)29-14-18-31(19-15-29)37(2)25-27-10-6-4-7-11-27/h4-24H,3,25-26H2,1-2H3,(H-,39,40,41,42)/p+1. The molecule has 0 heterocycles. The Morgan fingerprint density at radius 1 is 0.848 bits per heavy atom. The third-order valence-corrected chi connectivity index (χ3v) is 9.11. The summed E-state index contributed by atoms with van der Waals surface area (Å²) in [5.74, 6) is 0. The molecule has 0 fully saturated rings. The molecule has 5 rings (SSSR count). The molecule has 0 aliphatic heterocycles. The summed E-state index contributed by atoms with van der Waals surface area (Å²) in [6.45, 7) is 4.38. The molecule has 0 unspecified atom stereocenters. The number of anilines is 1. The second kappa shape index (κ2) is 15.3. The van der Waals surface area contributed by atoms with Crippen LogP contribution in [0.15, 0.2) is 143 Å². The van der Waals surface area contributed by atoms with Crippen molar-refractivity contribution in [2.75, 3.05) is 18.5 Å². The Morgan fingerprint density at radius 2 is 1.48 bits per heavy atom. The molecule has 0 amide bonds. The third-order valence-electron chi connectivity index (χ3n) is 7.64. The quantitative estimate of drug-likeness (QED) is 0.0530. The Morgan fingerprint density at radius 3 is 2.07 bits per heavy atom. The first-order valence-corrected chi connectivity index (χ1v) is 16.8. The molecule has 0 saturated heterocycles. The summed E-state index contributed by atoms with van der Waals surface area (Å²) >= 11 is 0.609. The van der Waals surface area contributed by atoms with E-state index in [4.69, 9.17) is 5.26 Å². The van der Waals surface area contributed by atoms with Gasteiger partial charge < -0.3 is 4.90 Å². The Kier molecular flexibility index (Phi) is 11.0. The SMILES string of the molecule is CCN(Cc1ccccc1)c1ccc(C(=C2C=CC(=[N+](C)Cc3ccccc3)C=C2)c2ccc(SOOO)cc2S(=O)(=O)O)cc1. The average Bonchev–Trinajstić information content (AvgIpc) is 3.08. The summed E-state index contributed by atoms with van der Waals surface area (Å²) in [6.07, 6.45) is 7.89. The molecule has 4 aromatic carbocycles. The first-order chi connectivity index (χ1) is 22.3. The van der Waals surface area contributed by atoms with E-state index in [1.165, 1.54) is 17.2 Å². The molecule has 46 heavy (non-hydrogen) atoms. The second-order valence-corrected chi connectivity index (χ2v) is 12.8. The Hall–Kier alpha value is -4.29. The van der Waals surface area contributed by atoms with Crippen LogP contribution in [0, 0.1) is 0 Å². The van der Waals surface area contributed by atoms with Crippen LogP contribution in [-0.4, -0.2) is 42.1 Å². The van der Waals surface area contributed by atoms with Crippen LogP contribution in [0.1, 0.15) is 29.2 Å². The van der Waals surface area contributed by atoms with Gasteiger partial charge in [0.1, 0.15) is 11.9 Å². The van der Waals surface area contributed by atoms with Gasteiger partial charge in [-0.1, -0.05) is 83.9 Å². The van der Waals surface area contributed by atoms with Gasteiger partial charge >= 0.3 is 0 Å². The van der Waals surface area contributed by atoms with Crippen molar-refractivity contribution in [2.45, 2.75) is 29.8 Å². The summed E-state index contributed by atoms with van der Waals surface area (Å²) in [6, 6.07) is 32.9. The average molecular weight is 656 g/mol. The number of hydrogen-bond donors (Lipinski definition) is 2. The molecule has 0 atom stereocenters. The van der Waals surface area contributed by atoms with Crippen LogP contribution in [0.25, 0.3) is 5.57 Å². The highest BCUT2D eigenvalue weighted by Crippen LogP contribution is 2.37. The monoisotopic (exact) mass is 655 g/mol. The van der Waals surface area contributed by atoms with E-state index in [9.17, 15) is 13.0 Å². The van der Waals surface area contributed by atoms with Crippen LogP contribution in [0.2, 0.25) is 0 Å². The minimum Gasteiger partial charge on any atom is -0.367 e. The molecule has 1 aliphatic carbocycles. The van der Waals surface area contributed by atoms with E-state index in [-0.39, 0.29) is 4.90 Å². The maximum atomic E-state index is 12.7. The van der Waals surface area contributed by atoms with Crippen molar-refractivity contribution in [1.82, 2.24) is 0 Å². The first-order valence-electron chi connectivity index (χ1n) is 14.6. The highest BCUT2D eigenvalue weighted by molar-refractivity contribution is 7.94. The molecule has 8 nitrogen and oxygen atoms in total. The topological polar surface area (TPSA) is 99.3 Å². The third kappa shape index (κ3) is 8.29. The highest BCUT2D eigenvalue weighted by Gasteiger charge is 2.23. The predicted molar refractivity (Wildman–Crippen MR) is 182 cm³/mol. The molecular weight excluding hydrogens is 621 g/mol. The maximum Gasteiger partial charge on any atom is 0.295 e. The van der Waals surface area contributed by atoms with Crippen molar-refractivity contribution in [1.29, 1.82) is 0 Å². The van der Waals surface area contributed by atoms with Gasteiger partial charge in [0.15, 0.2) is 12.3 Å². The molecule has 10 heteroatoms. The summed E-state index contributed by atoms with van der Waals surface area (Å²) in [5, 5.41) is 12.3. The van der Waals surface area contributed by atoms with Crippen molar-refractivity contribution in [3.05, 3.63) is 155 Å².